The molecule has 0 saturated carbocycles. The third-order valence-corrected chi connectivity index (χ3v) is 7.01. The van der Waals surface area contributed by atoms with E-state index < -0.39 is 47.3 Å². The van der Waals surface area contributed by atoms with E-state index in [4.69, 9.17) is 5.73 Å². The van der Waals surface area contributed by atoms with Gasteiger partial charge in [-0.1, -0.05) is 39.0 Å². The second-order valence-corrected chi connectivity index (χ2v) is 10.5. The van der Waals surface area contributed by atoms with Gasteiger partial charge in [-0.25, -0.2) is 13.1 Å². The van der Waals surface area contributed by atoms with Crippen molar-refractivity contribution in [2.45, 2.75) is 61.4 Å². The molecule has 0 fully saturated rings. The lowest BCUT2D eigenvalue weighted by molar-refractivity contribution is -0.139. The monoisotopic (exact) mass is 486 g/mol. The van der Waals surface area contributed by atoms with Crippen LogP contribution >= 0.6 is 0 Å². The van der Waals surface area contributed by atoms with Crippen molar-refractivity contribution in [3.63, 3.8) is 0 Å². The molecule has 178 valence electrons. The molecule has 8 nitrogen and oxygen atoms in total. The maximum Gasteiger partial charge on any atom is 0.417 e. The third kappa shape index (κ3) is 8.30. The Bertz CT molecular complexity index is 976. The highest BCUT2D eigenvalue weighted by atomic mass is 32.2. The number of nitrogens with one attached hydrogen (secondary N) is 1. The van der Waals surface area contributed by atoms with Gasteiger partial charge in [-0.3, -0.25) is 0 Å². The summed E-state index contributed by atoms with van der Waals surface area (Å²) in [5.41, 5.74) is 3.27. The maximum absolute atomic E-state index is 13.4. The van der Waals surface area contributed by atoms with E-state index in [0.29, 0.717) is 18.6 Å². The predicted molar refractivity (Wildman–Crippen MR) is 114 cm³/mol. The zero-order valence-electron chi connectivity index (χ0n) is 17.7. The van der Waals surface area contributed by atoms with Gasteiger partial charge in [0.15, 0.2) is 0 Å². The summed E-state index contributed by atoms with van der Waals surface area (Å²) in [7, 11) is -6.33. The first kappa shape index (κ1) is 27.2. The minimum absolute atomic E-state index is 0.0514. The van der Waals surface area contributed by atoms with Crippen LogP contribution in [-0.4, -0.2) is 48.7 Å². The second kappa shape index (κ2) is 11.1. The van der Waals surface area contributed by atoms with E-state index in [2.05, 4.69) is 16.0 Å². The zero-order valence-corrected chi connectivity index (χ0v) is 19.4. The fourth-order valence-electron chi connectivity index (χ4n) is 2.65. The van der Waals surface area contributed by atoms with Gasteiger partial charge in [-0.2, -0.15) is 21.6 Å². The summed E-state index contributed by atoms with van der Waals surface area (Å²) in [4.78, 5) is -0.820. The summed E-state index contributed by atoms with van der Waals surface area (Å²) in [6, 6.07) is 0.710. The topological polar surface area (TPSA) is 122 Å². The number of nitrogen functional groups attached to an aromatic ring is 1. The van der Waals surface area contributed by atoms with Crippen LogP contribution in [0.3, 0.4) is 0 Å². The number of hydrogen-bond acceptors (Lipinski definition) is 5. The van der Waals surface area contributed by atoms with Crippen molar-refractivity contribution in [2.24, 2.45) is 4.40 Å². The van der Waals surface area contributed by atoms with Crippen LogP contribution in [0.15, 0.2) is 26.3 Å². The molecule has 1 aromatic rings. The Hall–Kier alpha value is -1.86. The highest BCUT2D eigenvalue weighted by molar-refractivity contribution is 7.90. The zero-order chi connectivity index (χ0) is 23.9. The van der Waals surface area contributed by atoms with E-state index in [0.717, 1.165) is 38.4 Å². The molecule has 0 amide bonds. The second-order valence-electron chi connectivity index (χ2n) is 7.21. The van der Waals surface area contributed by atoms with E-state index in [1.807, 2.05) is 0 Å². The smallest absolute Gasteiger partial charge is 0.398 e. The minimum Gasteiger partial charge on any atom is -0.398 e. The van der Waals surface area contributed by atoms with Crippen LogP contribution in [0, 0.1) is 0 Å². The Labute approximate surface area is 181 Å². The standard InChI is InChI=1S/C18H29F3N4O4S2/c1-4-5-6-7-8-9-10-23-31(28,29)17-12-16(30(26,27)24-13-25(2)3)14(11-15(17)22)18(19,20)21/h11-13,23H,4-10,22H2,1-3H3. The fraction of sp³-hybridized carbons (Fsp3) is 0.611. The molecular weight excluding hydrogens is 457 g/mol. The molecule has 0 aliphatic carbocycles. The van der Waals surface area contributed by atoms with Gasteiger partial charge in [0.05, 0.1) is 11.3 Å². The number of alkyl halides is 3. The molecule has 31 heavy (non-hydrogen) atoms. The number of sulfonamides is 2. The van der Waals surface area contributed by atoms with Crippen LogP contribution in [0.25, 0.3) is 0 Å². The molecule has 1 rings (SSSR count). The van der Waals surface area contributed by atoms with Crippen LogP contribution in [0.2, 0.25) is 0 Å². The largest absolute Gasteiger partial charge is 0.417 e. The number of nitrogens with two attached hydrogens (primary N) is 1. The van der Waals surface area contributed by atoms with Crippen LogP contribution < -0.4 is 10.5 Å². The first-order chi connectivity index (χ1) is 14.2. The molecule has 13 heteroatoms. The number of halogens is 3. The van der Waals surface area contributed by atoms with Crippen molar-refractivity contribution in [3.05, 3.63) is 17.7 Å². The molecule has 0 saturated heterocycles. The fourth-order valence-corrected chi connectivity index (χ4v) is 5.08. The van der Waals surface area contributed by atoms with Crippen LogP contribution in [0.4, 0.5) is 18.9 Å². The van der Waals surface area contributed by atoms with Gasteiger partial charge in [0.2, 0.25) is 10.0 Å². The van der Waals surface area contributed by atoms with E-state index in [9.17, 15) is 30.0 Å². The molecule has 0 aliphatic heterocycles. The number of unbranched alkanes of at least 4 members (excludes halogenated alkanes) is 5. The molecular formula is C18H29F3N4O4S2. The number of nitrogens with zero attached hydrogens (tertiary/aromatic N) is 2. The number of rotatable bonds is 12. The Morgan fingerprint density at radius 2 is 1.61 bits per heavy atom. The van der Waals surface area contributed by atoms with Crippen molar-refractivity contribution in [1.29, 1.82) is 0 Å². The van der Waals surface area contributed by atoms with Gasteiger partial charge >= 0.3 is 6.18 Å². The first-order valence-electron chi connectivity index (χ1n) is 9.69. The van der Waals surface area contributed by atoms with E-state index >= 15 is 0 Å². The average Bonchev–Trinajstić information content (AvgIpc) is 2.64. The van der Waals surface area contributed by atoms with Gasteiger partial charge in [0.25, 0.3) is 10.0 Å². The van der Waals surface area contributed by atoms with Crippen molar-refractivity contribution >= 4 is 32.1 Å². The molecule has 0 radical (unpaired) electrons. The van der Waals surface area contributed by atoms with Gasteiger partial charge in [0.1, 0.15) is 16.1 Å². The van der Waals surface area contributed by atoms with E-state index in [1.54, 1.807) is 0 Å². The molecule has 0 atom stereocenters. The van der Waals surface area contributed by atoms with Gasteiger partial charge in [0, 0.05) is 20.6 Å². The maximum atomic E-state index is 13.4. The van der Waals surface area contributed by atoms with Crippen LogP contribution in [0.5, 0.6) is 0 Å². The molecule has 0 aromatic heterocycles. The van der Waals surface area contributed by atoms with Crippen LogP contribution in [-0.2, 0) is 26.2 Å². The summed E-state index contributed by atoms with van der Waals surface area (Å²) in [5.74, 6) is 0. The Balaban J connectivity index is 3.25. The number of benzene rings is 1. The van der Waals surface area contributed by atoms with E-state index in [1.165, 1.54) is 19.0 Å². The SMILES string of the molecule is CCCCCCCCNS(=O)(=O)c1cc(S(=O)(=O)N=CN(C)C)c(C(F)(F)F)cc1N. The number of anilines is 1. The van der Waals surface area contributed by atoms with E-state index in [-0.39, 0.29) is 6.54 Å². The average molecular weight is 487 g/mol. The highest BCUT2D eigenvalue weighted by Gasteiger charge is 2.39. The lowest BCUT2D eigenvalue weighted by atomic mass is 10.1. The normalized spacial score (nSPS) is 13.1. The van der Waals surface area contributed by atoms with Crippen molar-refractivity contribution in [3.8, 4) is 0 Å². The number of hydrogen-bond donors (Lipinski definition) is 2. The Kier molecular flexibility index (Phi) is 9.76. The van der Waals surface area contributed by atoms with Crippen LogP contribution in [0.1, 0.15) is 51.0 Å². The molecule has 0 spiro atoms. The third-order valence-electron chi connectivity index (χ3n) is 4.22. The quantitative estimate of drug-likeness (QED) is 0.202. The van der Waals surface area contributed by atoms with Gasteiger partial charge in [-0.05, 0) is 18.6 Å². The summed E-state index contributed by atoms with van der Waals surface area (Å²) < 4.78 is 95.6. The summed E-state index contributed by atoms with van der Waals surface area (Å²) >= 11 is 0. The molecule has 0 heterocycles. The summed E-state index contributed by atoms with van der Waals surface area (Å²) in [5, 5.41) is 0. The summed E-state index contributed by atoms with van der Waals surface area (Å²) in [6.07, 6.45) is 1.15. The van der Waals surface area contributed by atoms with Crippen molar-refractivity contribution in [2.75, 3.05) is 26.4 Å². The molecule has 0 bridgehead atoms. The lowest BCUT2D eigenvalue weighted by Gasteiger charge is -2.16. The lowest BCUT2D eigenvalue weighted by Crippen LogP contribution is -2.26. The Morgan fingerprint density at radius 3 is 2.16 bits per heavy atom. The van der Waals surface area contributed by atoms with Gasteiger partial charge < -0.3 is 10.6 Å². The molecule has 0 aliphatic rings. The Morgan fingerprint density at radius 1 is 1.03 bits per heavy atom. The highest BCUT2D eigenvalue weighted by Crippen LogP contribution is 2.38. The van der Waals surface area contributed by atoms with Gasteiger partial charge in [-0.15, -0.1) is 4.40 Å². The van der Waals surface area contributed by atoms with Crippen molar-refractivity contribution in [1.82, 2.24) is 9.62 Å². The molecule has 1 aromatic carbocycles. The summed E-state index contributed by atoms with van der Waals surface area (Å²) in [6.45, 7) is 2.12. The van der Waals surface area contributed by atoms with Crippen molar-refractivity contribution < 1.29 is 30.0 Å². The predicted octanol–water partition coefficient (Wildman–Crippen LogP) is 3.21. The minimum atomic E-state index is -5.08. The molecule has 0 unspecified atom stereocenters. The molecule has 3 N–H and O–H groups in total. The first-order valence-corrected chi connectivity index (χ1v) is 12.6.